The summed E-state index contributed by atoms with van der Waals surface area (Å²) >= 11 is 0. The summed E-state index contributed by atoms with van der Waals surface area (Å²) in [7, 11) is 0. The number of piperazine rings is 1. The molecule has 0 radical (unpaired) electrons. The number of carbonyl (C=O) groups excluding carboxylic acids is 3. The number of benzene rings is 1. The van der Waals surface area contributed by atoms with E-state index in [4.69, 9.17) is 4.74 Å². The zero-order valence-corrected chi connectivity index (χ0v) is 15.3. The van der Waals surface area contributed by atoms with Crippen molar-refractivity contribution < 1.29 is 19.1 Å². The molecule has 3 amide bonds. The molecule has 0 unspecified atom stereocenters. The second-order valence-corrected chi connectivity index (χ2v) is 6.68. The maximum Gasteiger partial charge on any atom is 0.262 e. The Morgan fingerprint density at radius 1 is 1.12 bits per heavy atom. The van der Waals surface area contributed by atoms with Crippen LogP contribution in [0.2, 0.25) is 0 Å². The van der Waals surface area contributed by atoms with Gasteiger partial charge in [0.2, 0.25) is 5.91 Å². The van der Waals surface area contributed by atoms with Crippen LogP contribution in [0.3, 0.4) is 0 Å². The third-order valence-electron chi connectivity index (χ3n) is 5.07. The molecule has 1 saturated heterocycles. The first-order valence-electron chi connectivity index (χ1n) is 9.18. The molecule has 2 aliphatic rings. The molecule has 0 spiro atoms. The van der Waals surface area contributed by atoms with E-state index in [0.717, 1.165) is 12.8 Å². The van der Waals surface area contributed by atoms with Crippen molar-refractivity contribution in [2.75, 3.05) is 38.1 Å². The van der Waals surface area contributed by atoms with Crippen LogP contribution >= 0.6 is 0 Å². The Kier molecular flexibility index (Phi) is 5.44. The van der Waals surface area contributed by atoms with Gasteiger partial charge in [-0.1, -0.05) is 13.8 Å². The molecule has 1 aromatic rings. The van der Waals surface area contributed by atoms with Gasteiger partial charge in [0.1, 0.15) is 5.75 Å². The van der Waals surface area contributed by atoms with Crippen molar-refractivity contribution in [1.82, 2.24) is 9.80 Å². The van der Waals surface area contributed by atoms with Crippen molar-refractivity contribution in [3.63, 3.8) is 0 Å². The molecule has 7 nitrogen and oxygen atoms in total. The Balaban J connectivity index is 1.63. The van der Waals surface area contributed by atoms with Crippen LogP contribution < -0.4 is 10.1 Å². The van der Waals surface area contributed by atoms with Gasteiger partial charge in [0.25, 0.3) is 11.8 Å². The fraction of sp³-hybridized carbons (Fsp3) is 0.526. The van der Waals surface area contributed by atoms with Crippen LogP contribution in [0.1, 0.15) is 37.0 Å². The van der Waals surface area contributed by atoms with Crippen LogP contribution in [0.5, 0.6) is 5.75 Å². The number of amides is 3. The number of carbonyl (C=O) groups is 3. The standard InChI is InChI=1S/C19H25N3O4/c1-3-13(4-2)18(24)21-7-9-22(10-8-21)19(25)14-5-6-16-15(11-14)20-17(23)12-26-16/h5-6,11,13H,3-4,7-10,12H2,1-2H3,(H,20,23). The molecule has 7 heteroatoms. The van der Waals surface area contributed by atoms with Gasteiger partial charge in [-0.15, -0.1) is 0 Å². The van der Waals surface area contributed by atoms with Gasteiger partial charge >= 0.3 is 0 Å². The van der Waals surface area contributed by atoms with E-state index in [1.54, 1.807) is 23.1 Å². The highest BCUT2D eigenvalue weighted by molar-refractivity contribution is 6.00. The van der Waals surface area contributed by atoms with Crippen molar-refractivity contribution in [1.29, 1.82) is 0 Å². The van der Waals surface area contributed by atoms with Gasteiger partial charge in [-0.25, -0.2) is 0 Å². The third-order valence-corrected chi connectivity index (χ3v) is 5.07. The van der Waals surface area contributed by atoms with Crippen LogP contribution in [0.25, 0.3) is 0 Å². The van der Waals surface area contributed by atoms with Crippen LogP contribution in [0.4, 0.5) is 5.69 Å². The van der Waals surface area contributed by atoms with Crippen molar-refractivity contribution >= 4 is 23.4 Å². The number of hydrogen-bond acceptors (Lipinski definition) is 4. The Labute approximate surface area is 153 Å². The molecule has 0 atom stereocenters. The number of rotatable bonds is 4. The summed E-state index contributed by atoms with van der Waals surface area (Å²) in [6.45, 7) is 6.22. The Morgan fingerprint density at radius 2 is 1.77 bits per heavy atom. The summed E-state index contributed by atoms with van der Waals surface area (Å²) < 4.78 is 5.32. The first-order chi connectivity index (χ1) is 12.5. The van der Waals surface area contributed by atoms with Gasteiger partial charge in [-0.2, -0.15) is 0 Å². The smallest absolute Gasteiger partial charge is 0.262 e. The minimum Gasteiger partial charge on any atom is -0.482 e. The molecule has 2 heterocycles. The summed E-state index contributed by atoms with van der Waals surface area (Å²) in [4.78, 5) is 40.3. The lowest BCUT2D eigenvalue weighted by molar-refractivity contribution is -0.137. The Morgan fingerprint density at radius 3 is 2.42 bits per heavy atom. The van der Waals surface area contributed by atoms with Gasteiger partial charge in [-0.3, -0.25) is 14.4 Å². The third kappa shape index (κ3) is 3.66. The molecule has 2 aliphatic heterocycles. The first kappa shape index (κ1) is 18.2. The largest absolute Gasteiger partial charge is 0.482 e. The van der Waals surface area contributed by atoms with Gasteiger partial charge < -0.3 is 19.9 Å². The summed E-state index contributed by atoms with van der Waals surface area (Å²) in [5, 5.41) is 2.72. The van der Waals surface area contributed by atoms with E-state index < -0.39 is 0 Å². The maximum absolute atomic E-state index is 12.8. The molecular formula is C19H25N3O4. The summed E-state index contributed by atoms with van der Waals surface area (Å²) in [6, 6.07) is 5.06. The molecule has 0 bridgehead atoms. The molecule has 1 N–H and O–H groups in total. The lowest BCUT2D eigenvalue weighted by Crippen LogP contribution is -2.51. The molecule has 1 fully saturated rings. The van der Waals surface area contributed by atoms with Gasteiger partial charge in [-0.05, 0) is 31.0 Å². The van der Waals surface area contributed by atoms with E-state index >= 15 is 0 Å². The predicted octanol–water partition coefficient (Wildman–Crippen LogP) is 1.74. The van der Waals surface area contributed by atoms with Crippen molar-refractivity contribution in [3.8, 4) is 5.75 Å². The quantitative estimate of drug-likeness (QED) is 0.888. The zero-order chi connectivity index (χ0) is 18.7. The zero-order valence-electron chi connectivity index (χ0n) is 15.3. The SMILES string of the molecule is CCC(CC)C(=O)N1CCN(C(=O)c2ccc3c(c2)NC(=O)CO3)CC1. The van der Waals surface area contributed by atoms with Crippen LogP contribution in [0.15, 0.2) is 18.2 Å². The molecule has 0 aromatic heterocycles. The summed E-state index contributed by atoms with van der Waals surface area (Å²) in [6.07, 6.45) is 1.69. The predicted molar refractivity (Wildman–Crippen MR) is 97.1 cm³/mol. The van der Waals surface area contributed by atoms with E-state index in [0.29, 0.717) is 43.2 Å². The van der Waals surface area contributed by atoms with Crippen molar-refractivity contribution in [2.24, 2.45) is 5.92 Å². The second-order valence-electron chi connectivity index (χ2n) is 6.68. The van der Waals surface area contributed by atoms with Crippen molar-refractivity contribution in [3.05, 3.63) is 23.8 Å². The number of fused-ring (bicyclic) bond motifs is 1. The maximum atomic E-state index is 12.8. The van der Waals surface area contributed by atoms with Crippen LogP contribution in [-0.2, 0) is 9.59 Å². The highest BCUT2D eigenvalue weighted by Crippen LogP contribution is 2.29. The molecule has 0 aliphatic carbocycles. The molecule has 0 saturated carbocycles. The second kappa shape index (κ2) is 7.76. The highest BCUT2D eigenvalue weighted by atomic mass is 16.5. The van der Waals surface area contributed by atoms with Crippen molar-refractivity contribution in [2.45, 2.75) is 26.7 Å². The van der Waals surface area contributed by atoms with Crippen LogP contribution in [-0.4, -0.2) is 60.3 Å². The normalized spacial score (nSPS) is 16.8. The van der Waals surface area contributed by atoms with E-state index in [1.165, 1.54) is 0 Å². The number of ether oxygens (including phenoxy) is 1. The summed E-state index contributed by atoms with van der Waals surface area (Å²) in [5.41, 5.74) is 1.03. The number of anilines is 1. The lowest BCUT2D eigenvalue weighted by Gasteiger charge is -2.36. The first-order valence-corrected chi connectivity index (χ1v) is 9.18. The Hall–Kier alpha value is -2.57. The fourth-order valence-corrected chi connectivity index (χ4v) is 3.42. The van der Waals surface area contributed by atoms with E-state index in [9.17, 15) is 14.4 Å². The number of nitrogens with one attached hydrogen (secondary N) is 1. The van der Waals surface area contributed by atoms with Gasteiger partial charge in [0.05, 0.1) is 5.69 Å². The van der Waals surface area contributed by atoms with E-state index in [1.807, 2.05) is 18.7 Å². The Bertz CT molecular complexity index is 707. The minimum atomic E-state index is -0.226. The molecule has 1 aromatic carbocycles. The van der Waals surface area contributed by atoms with E-state index in [2.05, 4.69) is 5.32 Å². The molecule has 26 heavy (non-hydrogen) atoms. The topological polar surface area (TPSA) is 79.0 Å². The minimum absolute atomic E-state index is 0.00715. The van der Waals surface area contributed by atoms with Gasteiger partial charge in [0, 0.05) is 37.7 Å². The number of hydrogen-bond donors (Lipinski definition) is 1. The number of nitrogens with zero attached hydrogens (tertiary/aromatic N) is 2. The van der Waals surface area contributed by atoms with E-state index in [-0.39, 0.29) is 30.2 Å². The average molecular weight is 359 g/mol. The molecule has 3 rings (SSSR count). The molecular weight excluding hydrogens is 334 g/mol. The lowest BCUT2D eigenvalue weighted by atomic mass is 10.0. The van der Waals surface area contributed by atoms with Gasteiger partial charge in [0.15, 0.2) is 6.61 Å². The van der Waals surface area contributed by atoms with Crippen LogP contribution in [0, 0.1) is 5.92 Å². The monoisotopic (exact) mass is 359 g/mol. The average Bonchev–Trinajstić information content (AvgIpc) is 2.67. The fourth-order valence-electron chi connectivity index (χ4n) is 3.42. The highest BCUT2D eigenvalue weighted by Gasteiger charge is 2.28. The summed E-state index contributed by atoms with van der Waals surface area (Å²) in [5.74, 6) is 0.511. The molecule has 140 valence electrons.